The normalized spacial score (nSPS) is 23.9. The molecule has 1 aromatic carbocycles. The van der Waals surface area contributed by atoms with Gasteiger partial charge in [0, 0.05) is 19.5 Å². The molecule has 104 valence electrons. The van der Waals surface area contributed by atoms with Crippen LogP contribution in [0.5, 0.6) is 0 Å². The summed E-state index contributed by atoms with van der Waals surface area (Å²) in [6.45, 7) is 2.50. The number of rotatable bonds is 4. The van der Waals surface area contributed by atoms with E-state index in [-0.39, 0.29) is 5.91 Å². The van der Waals surface area contributed by atoms with Gasteiger partial charge in [0.2, 0.25) is 0 Å². The monoisotopic (exact) mass is 283 g/mol. The maximum Gasteiger partial charge on any atom is 0.265 e. The Hall–Kier alpha value is -1.40. The van der Waals surface area contributed by atoms with E-state index in [9.17, 15) is 13.2 Å². The molecule has 5 nitrogen and oxygen atoms in total. The fourth-order valence-corrected chi connectivity index (χ4v) is 3.08. The third-order valence-electron chi connectivity index (χ3n) is 3.15. The third-order valence-corrected chi connectivity index (χ3v) is 3.82. The lowest BCUT2D eigenvalue weighted by molar-refractivity contribution is -0.139. The molecule has 0 aromatic heterocycles. The molecule has 0 aliphatic carbocycles. The summed E-state index contributed by atoms with van der Waals surface area (Å²) < 4.78 is 27.4. The zero-order valence-corrected chi connectivity index (χ0v) is 11.8. The summed E-state index contributed by atoms with van der Waals surface area (Å²) in [6, 6.07) is 9.58. The summed E-state index contributed by atoms with van der Waals surface area (Å²) in [7, 11) is -3.64. The number of carbonyl (C=O) groups is 1. The van der Waals surface area contributed by atoms with Crippen molar-refractivity contribution in [3.63, 3.8) is 0 Å². The molecule has 0 spiro atoms. The second kappa shape index (κ2) is 4.94. The zero-order chi connectivity index (χ0) is 14.1. The minimum atomic E-state index is -3.64. The number of benzene rings is 1. The van der Waals surface area contributed by atoms with Crippen molar-refractivity contribution >= 4 is 16.0 Å². The van der Waals surface area contributed by atoms with Crippen LogP contribution in [0.1, 0.15) is 18.9 Å². The van der Waals surface area contributed by atoms with Crippen LogP contribution in [0, 0.1) is 0 Å². The van der Waals surface area contributed by atoms with Crippen LogP contribution in [0.2, 0.25) is 0 Å². The van der Waals surface area contributed by atoms with Gasteiger partial charge in [-0.2, -0.15) is 8.42 Å². The maximum atomic E-state index is 12.2. The predicted molar refractivity (Wildman–Crippen MR) is 70.8 cm³/mol. The largest absolute Gasteiger partial charge is 0.336 e. The number of likely N-dealkylation sites (tertiary alicyclic amines) is 1. The van der Waals surface area contributed by atoms with Crippen molar-refractivity contribution in [2.45, 2.75) is 25.5 Å². The molecule has 19 heavy (non-hydrogen) atoms. The Balaban J connectivity index is 2.10. The van der Waals surface area contributed by atoms with E-state index in [0.717, 1.165) is 11.8 Å². The molecule has 0 saturated carbocycles. The van der Waals surface area contributed by atoms with E-state index >= 15 is 0 Å². The van der Waals surface area contributed by atoms with Crippen molar-refractivity contribution < 1.29 is 17.4 Å². The van der Waals surface area contributed by atoms with Crippen LogP contribution >= 0.6 is 0 Å². The number of carbonyl (C=O) groups excluding carboxylic acids is 1. The lowest BCUT2D eigenvalue weighted by Crippen LogP contribution is -2.40. The number of amides is 1. The highest BCUT2D eigenvalue weighted by Gasteiger charge is 2.46. The summed E-state index contributed by atoms with van der Waals surface area (Å²) in [5, 5.41) is 0. The van der Waals surface area contributed by atoms with E-state index in [1.807, 2.05) is 30.3 Å². The molecule has 1 fully saturated rings. The molecule has 1 aliphatic rings. The molecule has 1 heterocycles. The van der Waals surface area contributed by atoms with Gasteiger partial charge in [0.1, 0.15) is 0 Å². The molecular formula is C13H17NO4S. The van der Waals surface area contributed by atoms with Gasteiger partial charge in [-0.1, -0.05) is 30.3 Å². The quantitative estimate of drug-likeness (QED) is 0.778. The third kappa shape index (κ3) is 3.33. The fourth-order valence-electron chi connectivity index (χ4n) is 2.26. The first-order chi connectivity index (χ1) is 8.80. The van der Waals surface area contributed by atoms with E-state index < -0.39 is 15.7 Å². The summed E-state index contributed by atoms with van der Waals surface area (Å²) >= 11 is 0. The van der Waals surface area contributed by atoms with Gasteiger partial charge in [-0.15, -0.1) is 0 Å². The van der Waals surface area contributed by atoms with Crippen LogP contribution in [-0.2, 0) is 25.6 Å². The minimum Gasteiger partial charge on any atom is -0.336 e. The summed E-state index contributed by atoms with van der Waals surface area (Å²) in [5.41, 5.74) is -0.248. The fraction of sp³-hybridized carbons (Fsp3) is 0.462. The molecule has 0 unspecified atom stereocenters. The van der Waals surface area contributed by atoms with Crippen molar-refractivity contribution in [1.82, 2.24) is 4.90 Å². The van der Waals surface area contributed by atoms with Gasteiger partial charge >= 0.3 is 0 Å². The van der Waals surface area contributed by atoms with Crippen molar-refractivity contribution in [3.8, 4) is 0 Å². The highest BCUT2D eigenvalue weighted by Crippen LogP contribution is 2.29. The lowest BCUT2D eigenvalue weighted by Gasteiger charge is -2.22. The Bertz CT molecular complexity index is 570. The first-order valence-corrected chi connectivity index (χ1v) is 7.86. The van der Waals surface area contributed by atoms with Crippen LogP contribution in [0.4, 0.5) is 0 Å². The lowest BCUT2D eigenvalue weighted by atomic mass is 10.1. The summed E-state index contributed by atoms with van der Waals surface area (Å²) in [6.07, 6.45) is 1.34. The second-order valence-electron chi connectivity index (χ2n) is 4.98. The molecule has 1 saturated heterocycles. The van der Waals surface area contributed by atoms with E-state index in [1.54, 1.807) is 4.90 Å². The van der Waals surface area contributed by atoms with Gasteiger partial charge in [-0.05, 0) is 12.5 Å². The Labute approximate surface area is 113 Å². The molecule has 2 rings (SSSR count). The van der Waals surface area contributed by atoms with Gasteiger partial charge < -0.3 is 4.90 Å². The molecule has 1 amide bonds. The Morgan fingerprint density at radius 3 is 2.53 bits per heavy atom. The molecule has 0 bridgehead atoms. The highest BCUT2D eigenvalue weighted by molar-refractivity contribution is 7.86. The van der Waals surface area contributed by atoms with E-state index in [2.05, 4.69) is 0 Å². The topological polar surface area (TPSA) is 63.7 Å². The Morgan fingerprint density at radius 2 is 1.95 bits per heavy atom. The molecule has 1 atom stereocenters. The summed E-state index contributed by atoms with van der Waals surface area (Å²) in [4.78, 5) is 13.9. The second-order valence-corrected chi connectivity index (χ2v) is 6.56. The van der Waals surface area contributed by atoms with Crippen molar-refractivity contribution in [3.05, 3.63) is 35.9 Å². The predicted octanol–water partition coefficient (Wildman–Crippen LogP) is 1.15. The standard InChI is InChI=1S/C13H17NO4S/c1-13(18-19(2,16)17)8-9-14(12(13)15)10-11-6-4-3-5-7-11/h3-7H,8-10H2,1-2H3/t13-/m1/s1. The van der Waals surface area contributed by atoms with Crippen molar-refractivity contribution in [1.29, 1.82) is 0 Å². The smallest absolute Gasteiger partial charge is 0.265 e. The minimum absolute atomic E-state index is 0.276. The molecule has 0 N–H and O–H groups in total. The number of hydrogen-bond acceptors (Lipinski definition) is 4. The number of nitrogens with zero attached hydrogens (tertiary/aromatic N) is 1. The van der Waals surface area contributed by atoms with E-state index in [4.69, 9.17) is 4.18 Å². The Kier molecular flexibility index (Phi) is 3.64. The highest BCUT2D eigenvalue weighted by atomic mass is 32.2. The SMILES string of the molecule is C[C@@]1(OS(C)(=O)=O)CCN(Cc2ccccc2)C1=O. The first kappa shape index (κ1) is 14.0. The molecule has 6 heteroatoms. The van der Waals surface area contributed by atoms with Crippen molar-refractivity contribution in [2.24, 2.45) is 0 Å². The van der Waals surface area contributed by atoms with Gasteiger partial charge in [0.25, 0.3) is 16.0 Å². The molecule has 0 radical (unpaired) electrons. The first-order valence-electron chi connectivity index (χ1n) is 6.04. The van der Waals surface area contributed by atoms with Gasteiger partial charge in [0.15, 0.2) is 5.60 Å². The van der Waals surface area contributed by atoms with Gasteiger partial charge in [0.05, 0.1) is 6.26 Å². The zero-order valence-electron chi connectivity index (χ0n) is 11.0. The maximum absolute atomic E-state index is 12.2. The molecule has 1 aromatic rings. The summed E-state index contributed by atoms with van der Waals surface area (Å²) in [5.74, 6) is -0.276. The molecular weight excluding hydrogens is 266 g/mol. The molecule has 1 aliphatic heterocycles. The van der Waals surface area contributed by atoms with Crippen LogP contribution in [0.3, 0.4) is 0 Å². The van der Waals surface area contributed by atoms with Crippen LogP contribution in [0.15, 0.2) is 30.3 Å². The van der Waals surface area contributed by atoms with Gasteiger partial charge in [-0.3, -0.25) is 8.98 Å². The van der Waals surface area contributed by atoms with Crippen LogP contribution in [0.25, 0.3) is 0 Å². The van der Waals surface area contributed by atoms with Crippen LogP contribution in [-0.4, -0.2) is 37.6 Å². The average Bonchev–Trinajstić information content (AvgIpc) is 2.56. The average molecular weight is 283 g/mol. The van der Waals surface area contributed by atoms with E-state index in [1.165, 1.54) is 6.92 Å². The Morgan fingerprint density at radius 1 is 1.32 bits per heavy atom. The van der Waals surface area contributed by atoms with Crippen molar-refractivity contribution in [2.75, 3.05) is 12.8 Å². The van der Waals surface area contributed by atoms with Crippen LogP contribution < -0.4 is 0 Å². The number of hydrogen-bond donors (Lipinski definition) is 0. The van der Waals surface area contributed by atoms with E-state index in [0.29, 0.717) is 19.5 Å². The van der Waals surface area contributed by atoms with Gasteiger partial charge in [-0.25, -0.2) is 0 Å².